The maximum absolute atomic E-state index is 8.36. The molecule has 0 spiro atoms. The zero-order valence-electron chi connectivity index (χ0n) is 6.78. The summed E-state index contributed by atoms with van der Waals surface area (Å²) in [7, 11) is 0. The van der Waals surface area contributed by atoms with Crippen LogP contribution in [0.15, 0.2) is 0 Å². The summed E-state index contributed by atoms with van der Waals surface area (Å²) in [6, 6.07) is 0. The lowest BCUT2D eigenvalue weighted by Gasteiger charge is -1.92. The number of aliphatic hydroxyl groups excluding tert-OH is 1. The summed E-state index contributed by atoms with van der Waals surface area (Å²) in [6.07, 6.45) is 4.61. The lowest BCUT2D eigenvalue weighted by atomic mass is 10.2. The average Bonchev–Trinajstić information content (AvgIpc) is 1.97. The van der Waals surface area contributed by atoms with E-state index in [4.69, 9.17) is 20.4 Å². The zero-order valence-corrected chi connectivity index (χ0v) is 8.36. The number of hydrogen-bond acceptors (Lipinski definition) is 3. The molecule has 0 unspecified atom stereocenters. The Labute approximate surface area is 79.6 Å². The summed E-state index contributed by atoms with van der Waals surface area (Å²) in [4.78, 5) is 8.36. The van der Waals surface area contributed by atoms with Crippen molar-refractivity contribution < 1.29 is 15.4 Å². The maximum Gasteiger partial charge on any atom is 0.291 e. The minimum atomic E-state index is -1.50. The van der Waals surface area contributed by atoms with Crippen molar-refractivity contribution in [3.05, 3.63) is 10.1 Å². The molecule has 0 radical (unpaired) electrons. The van der Waals surface area contributed by atoms with E-state index in [1.165, 1.54) is 19.3 Å². The molecule has 0 bridgehead atoms. The van der Waals surface area contributed by atoms with Gasteiger partial charge in [-0.3, -0.25) is 0 Å². The predicted molar refractivity (Wildman–Crippen MR) is 48.1 cm³/mol. The molecule has 0 aliphatic rings. The SMILES string of the molecule is O=[N+]([O-])O.OCCCCCCBr. The van der Waals surface area contributed by atoms with Crippen molar-refractivity contribution >= 4 is 15.9 Å². The van der Waals surface area contributed by atoms with Gasteiger partial charge in [0.25, 0.3) is 5.09 Å². The van der Waals surface area contributed by atoms with E-state index >= 15 is 0 Å². The molecule has 0 rings (SSSR count). The first-order valence-electron chi connectivity index (χ1n) is 3.65. The molecule has 0 saturated carbocycles. The Morgan fingerprint density at radius 1 is 1.25 bits per heavy atom. The van der Waals surface area contributed by atoms with Gasteiger partial charge in [-0.25, -0.2) is 0 Å². The average molecular weight is 244 g/mol. The van der Waals surface area contributed by atoms with Gasteiger partial charge in [0, 0.05) is 11.9 Å². The lowest BCUT2D eigenvalue weighted by Crippen LogP contribution is -1.82. The standard InChI is InChI=1S/C6H13BrO.HNO3/c7-5-3-1-2-4-6-8;2-1(3)4/h8H,1-6H2;(H,2,3,4). The molecule has 0 heterocycles. The molecule has 74 valence electrons. The zero-order chi connectivity index (χ0) is 9.82. The Bertz CT molecular complexity index is 91.5. The fourth-order valence-corrected chi connectivity index (χ4v) is 0.956. The summed E-state index contributed by atoms with van der Waals surface area (Å²) < 4.78 is 0. The highest BCUT2D eigenvalue weighted by Gasteiger charge is 1.84. The van der Waals surface area contributed by atoms with Crippen LogP contribution in [0.2, 0.25) is 0 Å². The molecule has 0 aliphatic carbocycles. The largest absolute Gasteiger partial charge is 0.396 e. The normalized spacial score (nSPS) is 8.50. The van der Waals surface area contributed by atoms with Gasteiger partial charge >= 0.3 is 0 Å². The van der Waals surface area contributed by atoms with E-state index in [0.29, 0.717) is 6.61 Å². The van der Waals surface area contributed by atoms with Crippen LogP contribution in [-0.4, -0.2) is 27.3 Å². The van der Waals surface area contributed by atoms with Gasteiger partial charge in [-0.1, -0.05) is 28.8 Å². The van der Waals surface area contributed by atoms with Crippen LogP contribution in [-0.2, 0) is 0 Å². The van der Waals surface area contributed by atoms with Crippen LogP contribution in [0, 0.1) is 10.1 Å². The van der Waals surface area contributed by atoms with Crippen molar-refractivity contribution in [1.29, 1.82) is 0 Å². The van der Waals surface area contributed by atoms with Crippen molar-refractivity contribution in [3.63, 3.8) is 0 Å². The molecule has 0 fully saturated rings. The van der Waals surface area contributed by atoms with Crippen LogP contribution in [0.5, 0.6) is 0 Å². The summed E-state index contributed by atoms with van der Waals surface area (Å²) >= 11 is 3.34. The molecule has 0 amide bonds. The van der Waals surface area contributed by atoms with Crippen LogP contribution in [0.4, 0.5) is 0 Å². The van der Waals surface area contributed by atoms with Crippen LogP contribution < -0.4 is 0 Å². The highest BCUT2D eigenvalue weighted by atomic mass is 79.9. The van der Waals surface area contributed by atoms with Crippen LogP contribution in [0.25, 0.3) is 0 Å². The Hall–Kier alpha value is -0.360. The summed E-state index contributed by atoms with van der Waals surface area (Å²) in [6.45, 7) is 0.349. The molecule has 12 heavy (non-hydrogen) atoms. The summed E-state index contributed by atoms with van der Waals surface area (Å²) in [5.74, 6) is 0. The second-order valence-electron chi connectivity index (χ2n) is 2.06. The van der Waals surface area contributed by atoms with E-state index in [2.05, 4.69) is 15.9 Å². The lowest BCUT2D eigenvalue weighted by molar-refractivity contribution is -0.742. The number of unbranched alkanes of at least 4 members (excludes halogenated alkanes) is 3. The minimum Gasteiger partial charge on any atom is -0.396 e. The monoisotopic (exact) mass is 243 g/mol. The first-order chi connectivity index (χ1) is 5.65. The topological polar surface area (TPSA) is 83.6 Å². The third-order valence-corrected chi connectivity index (χ3v) is 1.60. The van der Waals surface area contributed by atoms with Gasteiger partial charge < -0.3 is 10.3 Å². The fraction of sp³-hybridized carbons (Fsp3) is 1.00. The highest BCUT2D eigenvalue weighted by molar-refractivity contribution is 9.09. The van der Waals surface area contributed by atoms with E-state index in [1.807, 2.05) is 0 Å². The number of halogens is 1. The van der Waals surface area contributed by atoms with E-state index in [9.17, 15) is 0 Å². The first-order valence-corrected chi connectivity index (χ1v) is 4.77. The first kappa shape index (κ1) is 14.2. The molecule has 0 saturated heterocycles. The van der Waals surface area contributed by atoms with Gasteiger partial charge in [-0.2, -0.15) is 0 Å². The van der Waals surface area contributed by atoms with Crippen molar-refractivity contribution in [3.8, 4) is 0 Å². The molecular weight excluding hydrogens is 230 g/mol. The van der Waals surface area contributed by atoms with Crippen molar-refractivity contribution in [2.24, 2.45) is 0 Å². The number of aliphatic hydroxyl groups is 1. The number of rotatable bonds is 5. The van der Waals surface area contributed by atoms with Gasteiger partial charge in [-0.15, -0.1) is 10.1 Å². The molecule has 0 aromatic carbocycles. The van der Waals surface area contributed by atoms with Crippen LogP contribution >= 0.6 is 15.9 Å². The molecular formula is C6H14BrNO4. The maximum atomic E-state index is 8.36. The van der Waals surface area contributed by atoms with Crippen molar-refractivity contribution in [2.45, 2.75) is 25.7 Å². The molecule has 0 aliphatic heterocycles. The van der Waals surface area contributed by atoms with E-state index in [-0.39, 0.29) is 0 Å². The molecule has 0 aromatic heterocycles. The van der Waals surface area contributed by atoms with Crippen molar-refractivity contribution in [2.75, 3.05) is 11.9 Å². The van der Waals surface area contributed by atoms with Gasteiger partial charge in [0.2, 0.25) is 0 Å². The van der Waals surface area contributed by atoms with E-state index in [0.717, 1.165) is 11.8 Å². The Kier molecular flexibility index (Phi) is 15.7. The smallest absolute Gasteiger partial charge is 0.291 e. The third-order valence-electron chi connectivity index (χ3n) is 1.04. The second kappa shape index (κ2) is 13.2. The highest BCUT2D eigenvalue weighted by Crippen LogP contribution is 2.00. The summed E-state index contributed by atoms with van der Waals surface area (Å²) in [5.41, 5.74) is 0. The number of alkyl halides is 1. The molecule has 0 atom stereocenters. The number of nitrogens with zero attached hydrogens (tertiary/aromatic N) is 1. The second-order valence-corrected chi connectivity index (χ2v) is 2.86. The van der Waals surface area contributed by atoms with E-state index in [1.54, 1.807) is 0 Å². The number of hydrogen-bond donors (Lipinski definition) is 2. The quantitative estimate of drug-likeness (QED) is 0.333. The third kappa shape index (κ3) is 33.4. The summed E-state index contributed by atoms with van der Waals surface area (Å²) in [5, 5.41) is 23.1. The van der Waals surface area contributed by atoms with Gasteiger partial charge in [0.15, 0.2) is 0 Å². The Morgan fingerprint density at radius 2 is 1.67 bits per heavy atom. The minimum absolute atomic E-state index is 0.349. The molecule has 6 heteroatoms. The van der Waals surface area contributed by atoms with Crippen LogP contribution in [0.3, 0.4) is 0 Å². The van der Waals surface area contributed by atoms with Gasteiger partial charge in [0.1, 0.15) is 0 Å². The predicted octanol–water partition coefficient (Wildman–Crippen LogP) is 1.59. The van der Waals surface area contributed by atoms with Gasteiger partial charge in [-0.05, 0) is 12.8 Å². The molecule has 5 nitrogen and oxygen atoms in total. The Morgan fingerprint density at radius 3 is 2.00 bits per heavy atom. The molecule has 0 aromatic rings. The molecule has 2 N–H and O–H groups in total. The Balaban J connectivity index is 0. The van der Waals surface area contributed by atoms with Crippen molar-refractivity contribution in [1.82, 2.24) is 0 Å². The fourth-order valence-electron chi connectivity index (χ4n) is 0.560. The van der Waals surface area contributed by atoms with Crippen LogP contribution in [0.1, 0.15) is 25.7 Å². The van der Waals surface area contributed by atoms with E-state index < -0.39 is 5.09 Å². The van der Waals surface area contributed by atoms with Gasteiger partial charge in [0.05, 0.1) is 0 Å².